The van der Waals surface area contributed by atoms with Gasteiger partial charge in [-0.2, -0.15) is 0 Å². The molecule has 0 bridgehead atoms. The third-order valence-corrected chi connectivity index (χ3v) is 5.41. The van der Waals surface area contributed by atoms with Crippen LogP contribution in [0.15, 0.2) is 31.1 Å². The minimum absolute atomic E-state index is 0.452. The largest absolute Gasteiger partial charge is 0.481 e. The monoisotopic (exact) mass is 378 g/mol. The third-order valence-electron chi connectivity index (χ3n) is 5.41. The van der Waals surface area contributed by atoms with Gasteiger partial charge >= 0.3 is 0 Å². The molecular formula is C21H26N6O. The summed E-state index contributed by atoms with van der Waals surface area (Å²) in [5.41, 5.74) is 4.92. The Balaban J connectivity index is 1.87. The number of methoxy groups -OCH3 is 1. The lowest BCUT2D eigenvalue weighted by Gasteiger charge is -2.15. The highest BCUT2D eigenvalue weighted by Crippen LogP contribution is 2.33. The van der Waals surface area contributed by atoms with Gasteiger partial charge in [-0.1, -0.05) is 19.4 Å². The van der Waals surface area contributed by atoms with Crippen LogP contribution < -0.4 is 15.4 Å². The van der Waals surface area contributed by atoms with E-state index in [1.54, 1.807) is 13.3 Å². The van der Waals surface area contributed by atoms with Crippen molar-refractivity contribution in [2.24, 2.45) is 0 Å². The highest BCUT2D eigenvalue weighted by Gasteiger charge is 2.21. The molecule has 2 N–H and O–H groups in total. The van der Waals surface area contributed by atoms with Crippen molar-refractivity contribution in [1.29, 1.82) is 0 Å². The number of hydrogen-bond acceptors (Lipinski definition) is 6. The van der Waals surface area contributed by atoms with Crippen LogP contribution in [-0.4, -0.2) is 39.8 Å². The molecule has 1 saturated carbocycles. The van der Waals surface area contributed by atoms with E-state index in [-0.39, 0.29) is 0 Å². The van der Waals surface area contributed by atoms with Crippen molar-refractivity contribution < 1.29 is 4.74 Å². The van der Waals surface area contributed by atoms with Crippen LogP contribution in [0, 0.1) is 6.92 Å². The lowest BCUT2D eigenvalue weighted by atomic mass is 10.1. The molecule has 7 heteroatoms. The lowest BCUT2D eigenvalue weighted by Crippen LogP contribution is -2.19. The molecule has 3 heterocycles. The number of anilines is 1. The van der Waals surface area contributed by atoms with E-state index in [9.17, 15) is 0 Å². The number of nitrogens with one attached hydrogen (secondary N) is 2. The van der Waals surface area contributed by atoms with Crippen LogP contribution in [0.1, 0.15) is 37.1 Å². The quantitative estimate of drug-likeness (QED) is 0.682. The Labute approximate surface area is 164 Å². The van der Waals surface area contributed by atoms with Gasteiger partial charge < -0.3 is 15.4 Å². The van der Waals surface area contributed by atoms with Crippen molar-refractivity contribution in [3.05, 3.63) is 42.5 Å². The summed E-state index contributed by atoms with van der Waals surface area (Å²) in [5.74, 6) is 2.04. The molecule has 28 heavy (non-hydrogen) atoms. The van der Waals surface area contributed by atoms with Crippen molar-refractivity contribution in [2.75, 3.05) is 19.5 Å². The molecule has 146 valence electrons. The Morgan fingerprint density at radius 1 is 1.32 bits per heavy atom. The second-order valence-electron chi connectivity index (χ2n) is 7.19. The number of nitrogens with zero attached hydrogens (tertiary/aromatic N) is 4. The molecule has 0 aromatic carbocycles. The molecule has 7 nitrogen and oxygen atoms in total. The summed E-state index contributed by atoms with van der Waals surface area (Å²) in [6, 6.07) is 4.37. The average molecular weight is 378 g/mol. The predicted molar refractivity (Wildman–Crippen MR) is 111 cm³/mol. The molecule has 3 aromatic rings. The average Bonchev–Trinajstić information content (AvgIpc) is 3.35. The van der Waals surface area contributed by atoms with Crippen molar-refractivity contribution in [3.8, 4) is 17.0 Å². The van der Waals surface area contributed by atoms with Gasteiger partial charge in [-0.25, -0.2) is 14.5 Å². The van der Waals surface area contributed by atoms with Crippen LogP contribution >= 0.6 is 0 Å². The van der Waals surface area contributed by atoms with Gasteiger partial charge in [0.1, 0.15) is 5.52 Å². The smallest absolute Gasteiger partial charge is 0.213 e. The van der Waals surface area contributed by atoms with E-state index in [0.717, 1.165) is 28.0 Å². The summed E-state index contributed by atoms with van der Waals surface area (Å²) in [6.45, 7) is 6.14. The molecule has 0 atom stereocenters. The van der Waals surface area contributed by atoms with Gasteiger partial charge in [-0.15, -0.1) is 5.10 Å². The Kier molecular flexibility index (Phi) is 4.90. The van der Waals surface area contributed by atoms with Gasteiger partial charge in [0.25, 0.3) is 0 Å². The van der Waals surface area contributed by atoms with E-state index >= 15 is 0 Å². The predicted octanol–water partition coefficient (Wildman–Crippen LogP) is 3.65. The molecule has 0 amide bonds. The molecule has 0 unspecified atom stereocenters. The van der Waals surface area contributed by atoms with Crippen LogP contribution in [0.5, 0.6) is 5.88 Å². The number of pyridine rings is 1. The summed E-state index contributed by atoms with van der Waals surface area (Å²) in [6.07, 6.45) is 8.66. The second kappa shape index (κ2) is 7.50. The maximum absolute atomic E-state index is 5.29. The maximum atomic E-state index is 5.29. The molecule has 1 aliphatic rings. The van der Waals surface area contributed by atoms with Crippen LogP contribution in [0.3, 0.4) is 0 Å². The van der Waals surface area contributed by atoms with E-state index in [1.165, 1.54) is 25.7 Å². The Hall–Kier alpha value is -3.09. The van der Waals surface area contributed by atoms with Crippen LogP contribution in [0.4, 0.5) is 5.82 Å². The van der Waals surface area contributed by atoms with E-state index < -0.39 is 0 Å². The second-order valence-corrected chi connectivity index (χ2v) is 7.19. The molecule has 0 aliphatic heterocycles. The van der Waals surface area contributed by atoms with Crippen LogP contribution in [0.2, 0.25) is 0 Å². The first-order valence-corrected chi connectivity index (χ1v) is 9.64. The number of fused-ring (bicyclic) bond motifs is 1. The molecule has 0 spiro atoms. The number of rotatable bonds is 6. The summed E-state index contributed by atoms with van der Waals surface area (Å²) >= 11 is 0. The Bertz CT molecular complexity index is 1020. The summed E-state index contributed by atoms with van der Waals surface area (Å²) < 4.78 is 7.19. The van der Waals surface area contributed by atoms with E-state index in [0.29, 0.717) is 23.4 Å². The number of aromatic nitrogens is 4. The molecule has 0 radical (unpaired) electrons. The fourth-order valence-corrected chi connectivity index (χ4v) is 3.81. The normalized spacial score (nSPS) is 14.4. The molecule has 3 aromatic heterocycles. The number of ether oxygens (including phenoxy) is 1. The van der Waals surface area contributed by atoms with Crippen molar-refractivity contribution in [2.45, 2.75) is 38.6 Å². The number of aryl methyl sites for hydroxylation is 1. The zero-order valence-electron chi connectivity index (χ0n) is 16.6. The standard InChI is InChI=1S/C21H26N6O/c1-13-17(15-9-10-23-18(11-15)28-4)12-27-19(13)21(24-16-7-5-6-8-16)25-20(26-27)14(2)22-3/h9-12,16,22H,2,5-8H2,1,3-4H3,(H,24,25,26). The fourth-order valence-electron chi connectivity index (χ4n) is 3.81. The van der Waals surface area contributed by atoms with Gasteiger partial charge in [0.2, 0.25) is 5.88 Å². The highest BCUT2D eigenvalue weighted by molar-refractivity contribution is 5.83. The first kappa shape index (κ1) is 18.3. The van der Waals surface area contributed by atoms with E-state index in [4.69, 9.17) is 9.72 Å². The topological polar surface area (TPSA) is 76.4 Å². The lowest BCUT2D eigenvalue weighted by molar-refractivity contribution is 0.398. The molecule has 1 fully saturated rings. The minimum atomic E-state index is 0.452. The summed E-state index contributed by atoms with van der Waals surface area (Å²) in [4.78, 5) is 9.01. The zero-order chi connectivity index (χ0) is 19.7. The van der Waals surface area contributed by atoms with Gasteiger partial charge in [-0.05, 0) is 37.0 Å². The Morgan fingerprint density at radius 2 is 2.11 bits per heavy atom. The van der Waals surface area contributed by atoms with Crippen LogP contribution in [-0.2, 0) is 0 Å². The molecule has 4 rings (SSSR count). The first-order chi connectivity index (χ1) is 13.6. The summed E-state index contributed by atoms with van der Waals surface area (Å²) in [5, 5.41) is 11.4. The van der Waals surface area contributed by atoms with E-state index in [1.807, 2.05) is 29.9 Å². The molecule has 0 saturated heterocycles. The third kappa shape index (κ3) is 3.28. The van der Waals surface area contributed by atoms with Gasteiger partial charge in [-0.3, -0.25) is 0 Å². The van der Waals surface area contributed by atoms with E-state index in [2.05, 4.69) is 34.2 Å². The number of hydrogen-bond donors (Lipinski definition) is 2. The van der Waals surface area contributed by atoms with Gasteiger partial charge in [0.15, 0.2) is 11.6 Å². The first-order valence-electron chi connectivity index (χ1n) is 9.64. The summed E-state index contributed by atoms with van der Waals surface area (Å²) in [7, 11) is 3.45. The molecule has 1 aliphatic carbocycles. The SMILES string of the molecule is C=C(NC)c1nc(NC2CCCC2)c2c(C)c(-c3ccnc(OC)c3)cn2n1. The Morgan fingerprint density at radius 3 is 2.82 bits per heavy atom. The maximum Gasteiger partial charge on any atom is 0.213 e. The minimum Gasteiger partial charge on any atom is -0.481 e. The van der Waals surface area contributed by atoms with Crippen molar-refractivity contribution in [3.63, 3.8) is 0 Å². The van der Waals surface area contributed by atoms with Gasteiger partial charge in [0, 0.05) is 37.1 Å². The van der Waals surface area contributed by atoms with Crippen LogP contribution in [0.25, 0.3) is 22.3 Å². The van der Waals surface area contributed by atoms with Crippen molar-refractivity contribution >= 4 is 17.0 Å². The molecular weight excluding hydrogens is 352 g/mol. The zero-order valence-corrected chi connectivity index (χ0v) is 16.6. The fraction of sp³-hybridized carbons (Fsp3) is 0.381. The van der Waals surface area contributed by atoms with Gasteiger partial charge in [0.05, 0.1) is 12.8 Å². The van der Waals surface area contributed by atoms with Crippen molar-refractivity contribution in [1.82, 2.24) is 24.9 Å². The highest BCUT2D eigenvalue weighted by atomic mass is 16.5.